The molecule has 0 saturated carbocycles. The molecule has 0 amide bonds. The van der Waals surface area contributed by atoms with Crippen molar-refractivity contribution in [3.63, 3.8) is 0 Å². The molecule has 3 heterocycles. The first kappa shape index (κ1) is 21.8. The van der Waals surface area contributed by atoms with Gasteiger partial charge in [0.1, 0.15) is 5.82 Å². The van der Waals surface area contributed by atoms with Gasteiger partial charge < -0.3 is 19.7 Å². The molecular formula is C20H22F3N5O2S. The van der Waals surface area contributed by atoms with E-state index in [2.05, 4.69) is 15.0 Å². The van der Waals surface area contributed by atoms with Gasteiger partial charge in [0.25, 0.3) is 0 Å². The van der Waals surface area contributed by atoms with Gasteiger partial charge in [-0.05, 0) is 30.4 Å². The number of imidazole rings is 1. The largest absolute Gasteiger partial charge is 0.433 e. The van der Waals surface area contributed by atoms with Crippen molar-refractivity contribution >= 4 is 28.7 Å². The van der Waals surface area contributed by atoms with Crippen molar-refractivity contribution in [1.29, 1.82) is 0 Å². The minimum atomic E-state index is -4.69. The predicted octanol–water partition coefficient (Wildman–Crippen LogP) is 3.52. The zero-order chi connectivity index (χ0) is 22.3. The normalized spacial score (nSPS) is 15.4. The Labute approximate surface area is 180 Å². The van der Waals surface area contributed by atoms with Crippen LogP contribution in [0.2, 0.25) is 0 Å². The van der Waals surface area contributed by atoms with Crippen LogP contribution in [0.25, 0.3) is 11.0 Å². The van der Waals surface area contributed by atoms with Crippen LogP contribution in [-0.2, 0) is 25.9 Å². The van der Waals surface area contributed by atoms with Crippen LogP contribution in [0.15, 0.2) is 23.2 Å². The van der Waals surface area contributed by atoms with E-state index in [4.69, 9.17) is 0 Å². The summed E-state index contributed by atoms with van der Waals surface area (Å²) in [5.41, 5.74) is 1.02. The summed E-state index contributed by atoms with van der Waals surface area (Å²) in [6.45, 7) is 2.69. The number of benzene rings is 1. The number of thioether (sulfide) groups is 1. The van der Waals surface area contributed by atoms with Crippen molar-refractivity contribution < 1.29 is 23.4 Å². The molecule has 2 N–H and O–H groups in total. The molecule has 0 spiro atoms. The second kappa shape index (κ2) is 8.29. The number of aromatic nitrogens is 4. The van der Waals surface area contributed by atoms with Gasteiger partial charge >= 0.3 is 6.18 Å². The lowest BCUT2D eigenvalue weighted by Crippen LogP contribution is -2.35. The Morgan fingerprint density at radius 2 is 2.00 bits per heavy atom. The Morgan fingerprint density at radius 3 is 2.65 bits per heavy atom. The van der Waals surface area contributed by atoms with Crippen LogP contribution < -0.4 is 4.90 Å². The van der Waals surface area contributed by atoms with Crippen LogP contribution in [0.4, 0.5) is 19.1 Å². The Balaban J connectivity index is 1.70. The standard InChI is InChI=1S/C20H22F3N5O2S/c1-3-15(30)12-8-24-19(26-18(12)20(21,22)23)27-4-5-28-14-7-16(31-2)11(10-29)6-13(14)25-17(28)9-27/h6-8,15,29-30H,3-5,9-10H2,1-2H3. The molecule has 0 radical (unpaired) electrons. The third-order valence-electron chi connectivity index (χ3n) is 5.43. The van der Waals surface area contributed by atoms with Crippen LogP contribution in [0.3, 0.4) is 0 Å². The fourth-order valence-corrected chi connectivity index (χ4v) is 4.41. The lowest BCUT2D eigenvalue weighted by atomic mass is 10.1. The second-order valence-electron chi connectivity index (χ2n) is 7.31. The first-order valence-electron chi connectivity index (χ1n) is 9.80. The molecule has 0 saturated heterocycles. The molecule has 3 aromatic rings. The summed E-state index contributed by atoms with van der Waals surface area (Å²) in [4.78, 5) is 15.1. The summed E-state index contributed by atoms with van der Waals surface area (Å²) >= 11 is 1.54. The molecular weight excluding hydrogens is 431 g/mol. The maximum absolute atomic E-state index is 13.6. The van der Waals surface area contributed by atoms with E-state index in [1.807, 2.05) is 23.0 Å². The SMILES string of the molecule is CCC(O)c1cnc(N2CCn3c(nc4cc(CO)c(SC)cc43)C2)nc1C(F)(F)F. The van der Waals surface area contributed by atoms with E-state index in [0.29, 0.717) is 18.9 Å². The number of hydrogen-bond acceptors (Lipinski definition) is 7. The van der Waals surface area contributed by atoms with Crippen molar-refractivity contribution in [3.05, 3.63) is 41.0 Å². The number of aliphatic hydroxyl groups excluding tert-OH is 2. The van der Waals surface area contributed by atoms with Crippen molar-refractivity contribution in [1.82, 2.24) is 19.5 Å². The highest BCUT2D eigenvalue weighted by molar-refractivity contribution is 7.98. The van der Waals surface area contributed by atoms with Crippen LogP contribution in [-0.4, -0.2) is 42.5 Å². The first-order valence-corrected chi connectivity index (χ1v) is 11.0. The summed E-state index contributed by atoms with van der Waals surface area (Å²) < 4.78 is 42.7. The van der Waals surface area contributed by atoms with Crippen LogP contribution in [0.1, 0.15) is 42.1 Å². The molecule has 1 aliphatic heterocycles. The van der Waals surface area contributed by atoms with E-state index in [-0.39, 0.29) is 31.1 Å². The first-order chi connectivity index (χ1) is 14.8. The fourth-order valence-electron chi connectivity index (χ4n) is 3.80. The molecule has 11 heteroatoms. The second-order valence-corrected chi connectivity index (χ2v) is 8.16. The number of aliphatic hydroxyl groups is 2. The van der Waals surface area contributed by atoms with Gasteiger partial charge in [0.15, 0.2) is 5.69 Å². The van der Waals surface area contributed by atoms with E-state index >= 15 is 0 Å². The Kier molecular flexibility index (Phi) is 5.84. The topological polar surface area (TPSA) is 87.3 Å². The number of alkyl halides is 3. The zero-order valence-electron chi connectivity index (χ0n) is 17.0. The Bertz CT molecular complexity index is 1120. The van der Waals surface area contributed by atoms with Gasteiger partial charge in [-0.1, -0.05) is 6.92 Å². The summed E-state index contributed by atoms with van der Waals surface area (Å²) in [5.74, 6) is 0.650. The van der Waals surface area contributed by atoms with Gasteiger partial charge in [-0.2, -0.15) is 13.2 Å². The minimum absolute atomic E-state index is 0.0430. The number of fused-ring (bicyclic) bond motifs is 3. The number of hydrogen-bond donors (Lipinski definition) is 2. The molecule has 1 aromatic carbocycles. The number of rotatable bonds is 5. The summed E-state index contributed by atoms with van der Waals surface area (Å²) in [6.07, 6.45) is -2.84. The van der Waals surface area contributed by atoms with Crippen molar-refractivity contribution in [2.75, 3.05) is 17.7 Å². The van der Waals surface area contributed by atoms with E-state index in [1.165, 1.54) is 11.8 Å². The molecule has 0 fully saturated rings. The van der Waals surface area contributed by atoms with Crippen LogP contribution in [0, 0.1) is 0 Å². The predicted molar refractivity (Wildman–Crippen MR) is 111 cm³/mol. The molecule has 2 aromatic heterocycles. The van der Waals surface area contributed by atoms with Crippen molar-refractivity contribution in [2.45, 2.75) is 50.2 Å². The number of halogens is 3. The molecule has 0 bridgehead atoms. The lowest BCUT2D eigenvalue weighted by Gasteiger charge is -2.29. The average Bonchev–Trinajstić information content (AvgIpc) is 3.12. The number of anilines is 1. The Hall–Kier alpha value is -2.37. The molecule has 1 aliphatic rings. The van der Waals surface area contributed by atoms with E-state index in [9.17, 15) is 23.4 Å². The van der Waals surface area contributed by atoms with Gasteiger partial charge in [0.2, 0.25) is 5.95 Å². The molecule has 166 valence electrons. The summed E-state index contributed by atoms with van der Waals surface area (Å²) in [5, 5.41) is 19.5. The maximum Gasteiger partial charge on any atom is 0.433 e. The highest BCUT2D eigenvalue weighted by Crippen LogP contribution is 2.35. The van der Waals surface area contributed by atoms with Crippen molar-refractivity contribution in [3.8, 4) is 0 Å². The highest BCUT2D eigenvalue weighted by Gasteiger charge is 2.38. The summed E-state index contributed by atoms with van der Waals surface area (Å²) in [6, 6.07) is 3.83. The van der Waals surface area contributed by atoms with Gasteiger partial charge in [-0.15, -0.1) is 11.8 Å². The Morgan fingerprint density at radius 1 is 1.23 bits per heavy atom. The molecule has 1 atom stereocenters. The monoisotopic (exact) mass is 453 g/mol. The molecule has 0 aliphatic carbocycles. The lowest BCUT2D eigenvalue weighted by molar-refractivity contribution is -0.142. The van der Waals surface area contributed by atoms with Gasteiger partial charge in [-0.25, -0.2) is 15.0 Å². The summed E-state index contributed by atoms with van der Waals surface area (Å²) in [7, 11) is 0. The molecule has 7 nitrogen and oxygen atoms in total. The van der Waals surface area contributed by atoms with Gasteiger partial charge in [0, 0.05) is 29.7 Å². The quantitative estimate of drug-likeness (QED) is 0.572. The molecule has 4 rings (SSSR count). The minimum Gasteiger partial charge on any atom is -0.392 e. The zero-order valence-corrected chi connectivity index (χ0v) is 17.8. The van der Waals surface area contributed by atoms with Gasteiger partial charge in [-0.3, -0.25) is 0 Å². The van der Waals surface area contributed by atoms with Crippen molar-refractivity contribution in [2.24, 2.45) is 0 Å². The highest BCUT2D eigenvalue weighted by atomic mass is 32.2. The van der Waals surface area contributed by atoms with E-state index in [0.717, 1.165) is 27.7 Å². The van der Waals surface area contributed by atoms with Crippen LogP contribution in [0.5, 0.6) is 0 Å². The van der Waals surface area contributed by atoms with E-state index in [1.54, 1.807) is 11.8 Å². The number of nitrogens with zero attached hydrogens (tertiary/aromatic N) is 5. The molecule has 1 unspecified atom stereocenters. The third-order valence-corrected chi connectivity index (χ3v) is 6.25. The fraction of sp³-hybridized carbons (Fsp3) is 0.450. The average molecular weight is 453 g/mol. The van der Waals surface area contributed by atoms with E-state index < -0.39 is 18.0 Å². The third kappa shape index (κ3) is 3.97. The van der Waals surface area contributed by atoms with Gasteiger partial charge in [0.05, 0.1) is 30.3 Å². The smallest absolute Gasteiger partial charge is 0.392 e. The van der Waals surface area contributed by atoms with Crippen LogP contribution >= 0.6 is 11.8 Å². The molecule has 31 heavy (non-hydrogen) atoms. The maximum atomic E-state index is 13.6.